The van der Waals surface area contributed by atoms with Gasteiger partial charge in [0.1, 0.15) is 5.82 Å². The summed E-state index contributed by atoms with van der Waals surface area (Å²) in [6.07, 6.45) is 2.39. The second kappa shape index (κ2) is 7.03. The first-order valence-corrected chi connectivity index (χ1v) is 7.76. The third-order valence-electron chi connectivity index (χ3n) is 4.50. The third kappa shape index (κ3) is 4.03. The minimum absolute atomic E-state index is 0.126. The number of nitrogens with zero attached hydrogens (tertiary/aromatic N) is 1. The average Bonchev–Trinajstić information content (AvgIpc) is 2.49. The smallest absolute Gasteiger partial charge is 0.225 e. The highest BCUT2D eigenvalue weighted by molar-refractivity contribution is 5.78. The Morgan fingerprint density at radius 1 is 1.33 bits per heavy atom. The molecule has 1 amide bonds. The summed E-state index contributed by atoms with van der Waals surface area (Å²) >= 11 is 0. The van der Waals surface area contributed by atoms with Gasteiger partial charge in [0.2, 0.25) is 5.91 Å². The van der Waals surface area contributed by atoms with E-state index < -0.39 is 0 Å². The monoisotopic (exact) mass is 292 g/mol. The van der Waals surface area contributed by atoms with Gasteiger partial charge in [-0.1, -0.05) is 25.1 Å². The first kappa shape index (κ1) is 16.0. The molecule has 2 N–H and O–H groups in total. The van der Waals surface area contributed by atoms with Gasteiger partial charge in [-0.05, 0) is 43.7 Å². The summed E-state index contributed by atoms with van der Waals surface area (Å²) in [6.45, 7) is 5.45. The molecule has 1 aliphatic heterocycles. The maximum atomic E-state index is 13.7. The Balaban J connectivity index is 1.90. The molecule has 0 radical (unpaired) electrons. The van der Waals surface area contributed by atoms with Crippen molar-refractivity contribution in [3.05, 3.63) is 35.6 Å². The fourth-order valence-corrected chi connectivity index (χ4v) is 3.04. The Kier molecular flexibility index (Phi) is 5.34. The van der Waals surface area contributed by atoms with E-state index in [-0.39, 0.29) is 23.7 Å². The van der Waals surface area contributed by atoms with Gasteiger partial charge in [0, 0.05) is 25.0 Å². The number of halogens is 1. The molecule has 2 rings (SSSR count). The molecule has 1 aromatic carbocycles. The molecule has 0 bridgehead atoms. The van der Waals surface area contributed by atoms with Gasteiger partial charge in [0.25, 0.3) is 0 Å². The molecule has 1 fully saturated rings. The second-order valence-electron chi connectivity index (χ2n) is 6.22. The lowest BCUT2D eigenvalue weighted by molar-refractivity contribution is -0.136. The van der Waals surface area contributed by atoms with E-state index in [1.807, 2.05) is 24.8 Å². The number of nitrogens with two attached hydrogens (primary N) is 1. The number of piperidine rings is 1. The van der Waals surface area contributed by atoms with Crippen LogP contribution in [0, 0.1) is 17.7 Å². The highest BCUT2D eigenvalue weighted by Gasteiger charge is 2.27. The fourth-order valence-electron chi connectivity index (χ4n) is 3.04. The summed E-state index contributed by atoms with van der Waals surface area (Å²) in [5, 5.41) is 0. The van der Waals surface area contributed by atoms with Crippen LogP contribution < -0.4 is 5.73 Å². The minimum Gasteiger partial charge on any atom is -0.342 e. The van der Waals surface area contributed by atoms with Crippen molar-refractivity contribution in [3.8, 4) is 0 Å². The number of rotatable bonds is 4. The van der Waals surface area contributed by atoms with Crippen molar-refractivity contribution < 1.29 is 9.18 Å². The van der Waals surface area contributed by atoms with Crippen LogP contribution in [-0.4, -0.2) is 29.9 Å². The van der Waals surface area contributed by atoms with Crippen molar-refractivity contribution in [2.75, 3.05) is 13.1 Å². The molecule has 0 aliphatic carbocycles. The van der Waals surface area contributed by atoms with E-state index >= 15 is 0 Å². The van der Waals surface area contributed by atoms with Crippen LogP contribution in [0.25, 0.3) is 0 Å². The van der Waals surface area contributed by atoms with E-state index in [1.165, 1.54) is 6.07 Å². The highest BCUT2D eigenvalue weighted by atomic mass is 19.1. The van der Waals surface area contributed by atoms with Crippen LogP contribution in [0.2, 0.25) is 0 Å². The molecule has 1 heterocycles. The second-order valence-corrected chi connectivity index (χ2v) is 6.22. The number of likely N-dealkylation sites (tertiary alicyclic amines) is 1. The summed E-state index contributed by atoms with van der Waals surface area (Å²) in [7, 11) is 0. The van der Waals surface area contributed by atoms with Gasteiger partial charge in [0.15, 0.2) is 0 Å². The molecule has 1 aromatic rings. The molecule has 116 valence electrons. The first-order valence-electron chi connectivity index (χ1n) is 7.76. The van der Waals surface area contributed by atoms with Crippen LogP contribution in [0.1, 0.15) is 32.3 Å². The van der Waals surface area contributed by atoms with E-state index in [0.29, 0.717) is 17.9 Å². The van der Waals surface area contributed by atoms with E-state index in [9.17, 15) is 9.18 Å². The maximum Gasteiger partial charge on any atom is 0.225 e. The lowest BCUT2D eigenvalue weighted by atomic mass is 9.90. The van der Waals surface area contributed by atoms with Crippen molar-refractivity contribution in [2.24, 2.45) is 17.6 Å². The lowest BCUT2D eigenvalue weighted by Crippen LogP contribution is -2.44. The van der Waals surface area contributed by atoms with Gasteiger partial charge in [-0.2, -0.15) is 0 Å². The average molecular weight is 292 g/mol. The van der Waals surface area contributed by atoms with Crippen LogP contribution in [0.15, 0.2) is 24.3 Å². The maximum absolute atomic E-state index is 13.7. The Bertz CT molecular complexity index is 481. The quantitative estimate of drug-likeness (QED) is 0.927. The van der Waals surface area contributed by atoms with Crippen molar-refractivity contribution in [1.82, 2.24) is 4.90 Å². The largest absolute Gasteiger partial charge is 0.342 e. The molecule has 2 unspecified atom stereocenters. The summed E-state index contributed by atoms with van der Waals surface area (Å²) < 4.78 is 13.7. The molecule has 1 saturated heterocycles. The van der Waals surface area contributed by atoms with Gasteiger partial charge >= 0.3 is 0 Å². The molecule has 2 atom stereocenters. The zero-order chi connectivity index (χ0) is 15.4. The van der Waals surface area contributed by atoms with Crippen LogP contribution in [0.4, 0.5) is 4.39 Å². The van der Waals surface area contributed by atoms with Gasteiger partial charge in [-0.25, -0.2) is 4.39 Å². The number of hydrogen-bond donors (Lipinski definition) is 1. The van der Waals surface area contributed by atoms with Crippen LogP contribution in [-0.2, 0) is 11.2 Å². The fraction of sp³-hybridized carbons (Fsp3) is 0.588. The highest BCUT2D eigenvalue weighted by Crippen LogP contribution is 2.22. The summed E-state index contributed by atoms with van der Waals surface area (Å²) in [6, 6.07) is 6.87. The van der Waals surface area contributed by atoms with Crippen LogP contribution in [0.3, 0.4) is 0 Å². The van der Waals surface area contributed by atoms with E-state index in [0.717, 1.165) is 25.9 Å². The molecule has 21 heavy (non-hydrogen) atoms. The van der Waals surface area contributed by atoms with Gasteiger partial charge in [-0.3, -0.25) is 4.79 Å². The number of hydrogen-bond acceptors (Lipinski definition) is 2. The SMILES string of the molecule is CC(Cc1ccccc1F)C(=O)N1CCC(C(C)N)CC1. The Morgan fingerprint density at radius 3 is 2.52 bits per heavy atom. The van der Waals surface area contributed by atoms with Crippen LogP contribution in [0.5, 0.6) is 0 Å². The normalized spacial score (nSPS) is 19.3. The van der Waals surface area contributed by atoms with Gasteiger partial charge in [0.05, 0.1) is 0 Å². The Morgan fingerprint density at radius 2 is 1.95 bits per heavy atom. The number of carbonyl (C=O) groups is 1. The predicted octanol–water partition coefficient (Wildman–Crippen LogP) is 2.59. The van der Waals surface area contributed by atoms with Crippen LogP contribution >= 0.6 is 0 Å². The topological polar surface area (TPSA) is 46.3 Å². The molecule has 0 aromatic heterocycles. The molecule has 1 aliphatic rings. The molecule has 4 heteroatoms. The van der Waals surface area contributed by atoms with Gasteiger partial charge in [-0.15, -0.1) is 0 Å². The van der Waals surface area contributed by atoms with Crippen molar-refractivity contribution in [2.45, 2.75) is 39.2 Å². The Hall–Kier alpha value is -1.42. The number of carbonyl (C=O) groups excluding carboxylic acids is 1. The van der Waals surface area contributed by atoms with Crippen molar-refractivity contribution in [1.29, 1.82) is 0 Å². The zero-order valence-corrected chi connectivity index (χ0v) is 12.9. The molecular weight excluding hydrogens is 267 g/mol. The minimum atomic E-state index is -0.229. The van der Waals surface area contributed by atoms with Crippen molar-refractivity contribution in [3.63, 3.8) is 0 Å². The van der Waals surface area contributed by atoms with E-state index in [2.05, 4.69) is 0 Å². The molecular formula is C17H25FN2O. The van der Waals surface area contributed by atoms with E-state index in [4.69, 9.17) is 5.73 Å². The summed E-state index contributed by atoms with van der Waals surface area (Å²) in [5.74, 6) is 0.221. The lowest BCUT2D eigenvalue weighted by Gasteiger charge is -2.35. The predicted molar refractivity (Wildman–Crippen MR) is 82.2 cm³/mol. The van der Waals surface area contributed by atoms with Crippen molar-refractivity contribution >= 4 is 5.91 Å². The summed E-state index contributed by atoms with van der Waals surface area (Å²) in [4.78, 5) is 14.4. The van der Waals surface area contributed by atoms with Gasteiger partial charge < -0.3 is 10.6 Å². The standard InChI is InChI=1S/C17H25FN2O/c1-12(11-15-5-3-4-6-16(15)18)17(21)20-9-7-14(8-10-20)13(2)19/h3-6,12-14H,7-11,19H2,1-2H3. The molecule has 0 saturated carbocycles. The Labute approximate surface area is 126 Å². The molecule has 0 spiro atoms. The number of amides is 1. The zero-order valence-electron chi connectivity index (χ0n) is 12.9. The van der Waals surface area contributed by atoms with E-state index in [1.54, 1.807) is 12.1 Å². The third-order valence-corrected chi connectivity index (χ3v) is 4.50. The molecule has 3 nitrogen and oxygen atoms in total. The summed E-state index contributed by atoms with van der Waals surface area (Å²) in [5.41, 5.74) is 6.54. The number of benzene rings is 1. The first-order chi connectivity index (χ1) is 9.99.